The zero-order valence-electron chi connectivity index (χ0n) is 19.5. The molecule has 0 atom stereocenters. The molecule has 176 valence electrons. The zero-order valence-corrected chi connectivity index (χ0v) is 19.5. The van der Waals surface area contributed by atoms with Crippen LogP contribution in [0.5, 0.6) is 5.75 Å². The molecular weight excluding hydrogens is 430 g/mol. The molecule has 0 aliphatic carbocycles. The van der Waals surface area contributed by atoms with Gasteiger partial charge in [-0.1, -0.05) is 37.3 Å². The molecule has 1 fully saturated rings. The summed E-state index contributed by atoms with van der Waals surface area (Å²) in [5, 5.41) is 11.5. The molecule has 2 heterocycles. The molecule has 8 heteroatoms. The molecular formula is C26H29N5O3. The monoisotopic (exact) mass is 459 g/mol. The average Bonchev–Trinajstić information content (AvgIpc) is 2.87. The Morgan fingerprint density at radius 2 is 1.74 bits per heavy atom. The van der Waals surface area contributed by atoms with Crippen LogP contribution in [-0.2, 0) is 16.0 Å². The van der Waals surface area contributed by atoms with Crippen molar-refractivity contribution < 1.29 is 14.3 Å². The molecule has 1 aromatic heterocycles. The lowest BCUT2D eigenvalue weighted by atomic mass is 10.1. The molecule has 8 nitrogen and oxygen atoms in total. The minimum atomic E-state index is -0.156. The minimum Gasteiger partial charge on any atom is -0.484 e. The Morgan fingerprint density at radius 3 is 2.38 bits per heavy atom. The topological polar surface area (TPSA) is 87.7 Å². The number of nitrogens with zero attached hydrogens (tertiary/aromatic N) is 4. The lowest BCUT2D eigenvalue weighted by Crippen LogP contribution is -2.50. The second-order valence-corrected chi connectivity index (χ2v) is 8.19. The lowest BCUT2D eigenvalue weighted by molar-refractivity contribution is -0.133. The Balaban J connectivity index is 1.27. The van der Waals surface area contributed by atoms with Crippen molar-refractivity contribution in [3.8, 4) is 17.0 Å². The van der Waals surface area contributed by atoms with E-state index in [-0.39, 0.29) is 18.4 Å². The van der Waals surface area contributed by atoms with Gasteiger partial charge < -0.3 is 19.9 Å². The van der Waals surface area contributed by atoms with Gasteiger partial charge in [0.25, 0.3) is 5.91 Å². The third-order valence-electron chi connectivity index (χ3n) is 5.78. The van der Waals surface area contributed by atoms with Crippen LogP contribution in [-0.4, -0.2) is 59.7 Å². The maximum absolute atomic E-state index is 12.6. The predicted molar refractivity (Wildman–Crippen MR) is 132 cm³/mol. The van der Waals surface area contributed by atoms with Gasteiger partial charge in [0, 0.05) is 50.4 Å². The van der Waals surface area contributed by atoms with Crippen molar-refractivity contribution in [2.75, 3.05) is 43.0 Å². The molecule has 4 rings (SSSR count). The number of rotatable bonds is 7. The lowest BCUT2D eigenvalue weighted by Gasteiger charge is -2.35. The van der Waals surface area contributed by atoms with Gasteiger partial charge in [0.05, 0.1) is 5.69 Å². The predicted octanol–water partition coefficient (Wildman–Crippen LogP) is 3.39. The highest BCUT2D eigenvalue weighted by atomic mass is 16.5. The summed E-state index contributed by atoms with van der Waals surface area (Å²) in [4.78, 5) is 27.7. The number of carbonyl (C=O) groups is 2. The second kappa shape index (κ2) is 10.8. The van der Waals surface area contributed by atoms with E-state index in [0.29, 0.717) is 37.6 Å². The summed E-state index contributed by atoms with van der Waals surface area (Å²) < 4.78 is 5.65. The zero-order chi connectivity index (χ0) is 23.9. The van der Waals surface area contributed by atoms with Crippen LogP contribution in [0.3, 0.4) is 0 Å². The van der Waals surface area contributed by atoms with E-state index in [9.17, 15) is 9.59 Å². The van der Waals surface area contributed by atoms with Crippen LogP contribution >= 0.6 is 0 Å². The number of hydrogen-bond donors (Lipinski definition) is 1. The summed E-state index contributed by atoms with van der Waals surface area (Å²) >= 11 is 0. The number of piperazine rings is 1. The van der Waals surface area contributed by atoms with E-state index in [1.807, 2.05) is 12.1 Å². The van der Waals surface area contributed by atoms with Gasteiger partial charge in [-0.15, -0.1) is 10.2 Å². The van der Waals surface area contributed by atoms with Crippen LogP contribution in [0.2, 0.25) is 0 Å². The summed E-state index contributed by atoms with van der Waals surface area (Å²) in [6.45, 7) is 6.09. The first-order valence-corrected chi connectivity index (χ1v) is 11.5. The maximum atomic E-state index is 12.6. The van der Waals surface area contributed by atoms with Gasteiger partial charge in [-0.3, -0.25) is 9.59 Å². The van der Waals surface area contributed by atoms with Crippen LogP contribution < -0.4 is 15.0 Å². The van der Waals surface area contributed by atoms with E-state index in [2.05, 4.69) is 51.6 Å². The highest BCUT2D eigenvalue weighted by molar-refractivity contribution is 5.88. The van der Waals surface area contributed by atoms with Gasteiger partial charge in [0.15, 0.2) is 12.4 Å². The van der Waals surface area contributed by atoms with Crippen molar-refractivity contribution in [3.63, 3.8) is 0 Å². The SMILES string of the molecule is CCc1ccc(-c2ccc(N3CCN(C(=O)COc4cccc(NC(C)=O)c4)CC3)nn2)cc1. The van der Waals surface area contributed by atoms with E-state index in [4.69, 9.17) is 4.74 Å². The molecule has 0 radical (unpaired) electrons. The van der Waals surface area contributed by atoms with Gasteiger partial charge in [0.2, 0.25) is 5.91 Å². The quantitative estimate of drug-likeness (QED) is 0.583. The van der Waals surface area contributed by atoms with Crippen molar-refractivity contribution in [1.29, 1.82) is 0 Å². The highest BCUT2D eigenvalue weighted by Crippen LogP contribution is 2.21. The first kappa shape index (κ1) is 23.2. The number of carbonyl (C=O) groups excluding carboxylic acids is 2. The van der Waals surface area contributed by atoms with Crippen molar-refractivity contribution in [1.82, 2.24) is 15.1 Å². The number of benzene rings is 2. The number of anilines is 2. The van der Waals surface area contributed by atoms with Crippen molar-refractivity contribution in [2.45, 2.75) is 20.3 Å². The maximum Gasteiger partial charge on any atom is 0.260 e. The standard InChI is InChI=1S/C26H29N5O3/c1-3-20-7-9-21(10-8-20)24-11-12-25(29-28-24)30-13-15-31(16-14-30)26(33)18-34-23-6-4-5-22(17-23)27-19(2)32/h4-12,17H,3,13-16,18H2,1-2H3,(H,27,32). The average molecular weight is 460 g/mol. The molecule has 0 spiro atoms. The fraction of sp³-hybridized carbons (Fsp3) is 0.308. The Labute approximate surface area is 199 Å². The second-order valence-electron chi connectivity index (χ2n) is 8.19. The van der Waals surface area contributed by atoms with Gasteiger partial charge in [-0.05, 0) is 36.2 Å². The fourth-order valence-corrected chi connectivity index (χ4v) is 3.85. The Morgan fingerprint density at radius 1 is 0.971 bits per heavy atom. The van der Waals surface area contributed by atoms with E-state index < -0.39 is 0 Å². The largest absolute Gasteiger partial charge is 0.484 e. The first-order valence-electron chi connectivity index (χ1n) is 11.5. The van der Waals surface area contributed by atoms with E-state index in [0.717, 1.165) is 23.5 Å². The normalized spacial score (nSPS) is 13.5. The summed E-state index contributed by atoms with van der Waals surface area (Å²) in [5.74, 6) is 1.13. The van der Waals surface area contributed by atoms with Crippen molar-refractivity contribution >= 4 is 23.3 Å². The smallest absolute Gasteiger partial charge is 0.260 e. The van der Waals surface area contributed by atoms with Crippen LogP contribution in [0.25, 0.3) is 11.3 Å². The number of nitrogens with one attached hydrogen (secondary N) is 1. The number of ether oxygens (including phenoxy) is 1. The number of aromatic nitrogens is 2. The summed E-state index contributed by atoms with van der Waals surface area (Å²) in [6.07, 6.45) is 1.01. The molecule has 3 aromatic rings. The van der Waals surface area contributed by atoms with Crippen molar-refractivity contribution in [3.05, 3.63) is 66.2 Å². The van der Waals surface area contributed by atoms with Crippen LogP contribution in [0.4, 0.5) is 11.5 Å². The Kier molecular flexibility index (Phi) is 7.37. The third-order valence-corrected chi connectivity index (χ3v) is 5.78. The van der Waals surface area contributed by atoms with E-state index in [1.165, 1.54) is 12.5 Å². The minimum absolute atomic E-state index is 0.0468. The van der Waals surface area contributed by atoms with E-state index in [1.54, 1.807) is 29.2 Å². The fourth-order valence-electron chi connectivity index (χ4n) is 3.85. The third kappa shape index (κ3) is 5.89. The summed E-state index contributed by atoms with van der Waals surface area (Å²) in [6, 6.07) is 19.4. The molecule has 1 aliphatic rings. The molecule has 2 aromatic carbocycles. The number of aryl methyl sites for hydroxylation is 1. The molecule has 0 unspecified atom stereocenters. The van der Waals surface area contributed by atoms with Crippen molar-refractivity contribution in [2.24, 2.45) is 0 Å². The highest BCUT2D eigenvalue weighted by Gasteiger charge is 2.22. The molecule has 1 saturated heterocycles. The van der Waals surface area contributed by atoms with Crippen LogP contribution in [0.1, 0.15) is 19.4 Å². The summed E-state index contributed by atoms with van der Waals surface area (Å²) in [7, 11) is 0. The van der Waals surface area contributed by atoms with E-state index >= 15 is 0 Å². The van der Waals surface area contributed by atoms with Gasteiger partial charge in [-0.2, -0.15) is 0 Å². The first-order chi connectivity index (χ1) is 16.5. The van der Waals surface area contributed by atoms with Crippen LogP contribution in [0, 0.1) is 0 Å². The van der Waals surface area contributed by atoms with Crippen LogP contribution in [0.15, 0.2) is 60.7 Å². The van der Waals surface area contributed by atoms with Gasteiger partial charge in [0.1, 0.15) is 5.75 Å². The summed E-state index contributed by atoms with van der Waals surface area (Å²) in [5.41, 5.74) is 3.83. The number of amides is 2. The Bertz CT molecular complexity index is 1120. The molecule has 2 amide bonds. The van der Waals surface area contributed by atoms with Gasteiger partial charge >= 0.3 is 0 Å². The Hall–Kier alpha value is -3.94. The number of hydrogen-bond acceptors (Lipinski definition) is 6. The molecule has 1 N–H and O–H groups in total. The molecule has 0 saturated carbocycles. The molecule has 34 heavy (non-hydrogen) atoms. The molecule has 0 bridgehead atoms. The van der Waals surface area contributed by atoms with Gasteiger partial charge in [-0.25, -0.2) is 0 Å². The molecule has 1 aliphatic heterocycles.